The maximum Gasteiger partial charge on any atom is 0.354 e. The highest BCUT2D eigenvalue weighted by atomic mass is 79.9. The fourth-order valence-corrected chi connectivity index (χ4v) is 2.32. The van der Waals surface area contributed by atoms with Crippen LogP contribution in [-0.4, -0.2) is 13.2 Å². The quantitative estimate of drug-likeness (QED) is 0.545. The van der Waals surface area contributed by atoms with Crippen molar-refractivity contribution in [3.63, 3.8) is 0 Å². The molecule has 0 amide bonds. The first-order chi connectivity index (χ1) is 6.04. The fraction of sp³-hybridized carbons (Fsp3) is 0.500. The zero-order valence-corrected chi connectivity index (χ0v) is 10.3. The second-order valence-electron chi connectivity index (χ2n) is 2.14. The molecule has 0 saturated heterocycles. The molecule has 0 spiro atoms. The van der Waals surface area contributed by atoms with E-state index in [1.54, 1.807) is 19.9 Å². The number of rotatable bonds is 6. The summed E-state index contributed by atoms with van der Waals surface area (Å²) >= 11 is 3.12. The van der Waals surface area contributed by atoms with Gasteiger partial charge in [-0.1, -0.05) is 22.5 Å². The van der Waals surface area contributed by atoms with Gasteiger partial charge in [-0.25, -0.2) is 0 Å². The lowest BCUT2D eigenvalue weighted by Crippen LogP contribution is -1.92. The van der Waals surface area contributed by atoms with Gasteiger partial charge in [0.25, 0.3) is 0 Å². The molecule has 0 atom stereocenters. The van der Waals surface area contributed by atoms with E-state index in [4.69, 9.17) is 9.05 Å². The van der Waals surface area contributed by atoms with Crippen molar-refractivity contribution in [1.82, 2.24) is 0 Å². The van der Waals surface area contributed by atoms with Crippen LogP contribution in [0.25, 0.3) is 0 Å². The summed E-state index contributed by atoms with van der Waals surface area (Å²) in [5.41, 5.74) is 0. The molecule has 0 bridgehead atoms. The van der Waals surface area contributed by atoms with Crippen LogP contribution in [0.5, 0.6) is 0 Å². The van der Waals surface area contributed by atoms with Gasteiger partial charge in [0.2, 0.25) is 0 Å². The van der Waals surface area contributed by atoms with Crippen molar-refractivity contribution >= 4 is 23.5 Å². The highest BCUT2D eigenvalue weighted by Gasteiger charge is 2.18. The summed E-state index contributed by atoms with van der Waals surface area (Å²) < 4.78 is 22.4. The van der Waals surface area contributed by atoms with Gasteiger partial charge in [0.1, 0.15) is 0 Å². The van der Waals surface area contributed by atoms with Crippen molar-refractivity contribution in [1.29, 1.82) is 0 Å². The standard InChI is InChI=1S/C8H14BrO3P/c1-4-11-13(10,12-5-2)7-6-8(3)9/h6-7H,3-5H2,1-2H3/b7-6+. The van der Waals surface area contributed by atoms with Gasteiger partial charge in [0, 0.05) is 10.3 Å². The lowest BCUT2D eigenvalue weighted by atomic mass is 10.6. The third kappa shape index (κ3) is 6.22. The molecule has 0 heterocycles. The summed E-state index contributed by atoms with van der Waals surface area (Å²) in [5.74, 6) is 1.40. The van der Waals surface area contributed by atoms with E-state index < -0.39 is 7.60 Å². The van der Waals surface area contributed by atoms with E-state index in [1.807, 2.05) is 0 Å². The van der Waals surface area contributed by atoms with Gasteiger partial charge in [0.15, 0.2) is 0 Å². The summed E-state index contributed by atoms with van der Waals surface area (Å²) in [7, 11) is -3.04. The van der Waals surface area contributed by atoms with Crippen LogP contribution in [0.15, 0.2) is 23.0 Å². The molecule has 0 aromatic rings. The Morgan fingerprint density at radius 3 is 2.23 bits per heavy atom. The van der Waals surface area contributed by atoms with E-state index in [2.05, 4.69) is 22.5 Å². The minimum absolute atomic E-state index is 0.358. The number of allylic oxidation sites excluding steroid dienone is 2. The van der Waals surface area contributed by atoms with Crippen molar-refractivity contribution in [3.8, 4) is 0 Å². The second-order valence-corrected chi connectivity index (χ2v) is 5.05. The number of halogens is 1. The summed E-state index contributed by atoms with van der Waals surface area (Å²) in [6.07, 6.45) is 1.56. The lowest BCUT2D eigenvalue weighted by Gasteiger charge is -2.12. The molecule has 0 aromatic carbocycles. The summed E-state index contributed by atoms with van der Waals surface area (Å²) in [5, 5.41) is 0. The third-order valence-electron chi connectivity index (χ3n) is 1.06. The molecule has 0 radical (unpaired) electrons. The number of hydrogen-bond acceptors (Lipinski definition) is 3. The highest BCUT2D eigenvalue weighted by molar-refractivity contribution is 9.11. The fourth-order valence-electron chi connectivity index (χ4n) is 0.655. The van der Waals surface area contributed by atoms with Gasteiger partial charge in [-0.2, -0.15) is 0 Å². The van der Waals surface area contributed by atoms with Crippen molar-refractivity contribution in [2.45, 2.75) is 13.8 Å². The molecule has 0 rings (SSSR count). The SMILES string of the molecule is C=C(Br)/C=C/P(=O)(OCC)OCC. The van der Waals surface area contributed by atoms with Gasteiger partial charge in [-0.3, -0.25) is 4.57 Å². The molecule has 0 N–H and O–H groups in total. The molecule has 76 valence electrons. The van der Waals surface area contributed by atoms with Crippen LogP contribution in [0.1, 0.15) is 13.8 Å². The van der Waals surface area contributed by atoms with Crippen molar-refractivity contribution in [3.05, 3.63) is 23.0 Å². The summed E-state index contributed by atoms with van der Waals surface area (Å²) in [6.45, 7) is 7.82. The number of hydrogen-bond donors (Lipinski definition) is 0. The van der Waals surface area contributed by atoms with E-state index in [0.29, 0.717) is 17.7 Å². The molecule has 0 aliphatic heterocycles. The predicted molar refractivity (Wildman–Crippen MR) is 58.1 cm³/mol. The Balaban J connectivity index is 4.40. The van der Waals surface area contributed by atoms with Crippen LogP contribution in [0, 0.1) is 0 Å². The molecule has 0 aromatic heterocycles. The second kappa shape index (κ2) is 6.55. The van der Waals surface area contributed by atoms with Crippen LogP contribution in [0.4, 0.5) is 0 Å². The van der Waals surface area contributed by atoms with Gasteiger partial charge in [-0.05, 0) is 19.9 Å². The Bertz CT molecular complexity index is 228. The lowest BCUT2D eigenvalue weighted by molar-refractivity contribution is 0.229. The van der Waals surface area contributed by atoms with Crippen molar-refractivity contribution in [2.75, 3.05) is 13.2 Å². The van der Waals surface area contributed by atoms with E-state index in [1.165, 1.54) is 5.82 Å². The van der Waals surface area contributed by atoms with Crippen LogP contribution in [0.2, 0.25) is 0 Å². The molecule has 0 aliphatic carbocycles. The molecule has 13 heavy (non-hydrogen) atoms. The average molecular weight is 269 g/mol. The minimum Gasteiger partial charge on any atom is -0.306 e. The van der Waals surface area contributed by atoms with E-state index in [0.717, 1.165) is 0 Å². The minimum atomic E-state index is -3.04. The molecule has 0 aliphatic rings. The Morgan fingerprint density at radius 2 is 1.92 bits per heavy atom. The van der Waals surface area contributed by atoms with Gasteiger partial charge >= 0.3 is 7.60 Å². The average Bonchev–Trinajstić information content (AvgIpc) is 2.02. The molecular formula is C8H14BrO3P. The first-order valence-electron chi connectivity index (χ1n) is 3.96. The Labute approximate surface area is 87.5 Å². The predicted octanol–water partition coefficient (Wildman–Crippen LogP) is 3.67. The van der Waals surface area contributed by atoms with Gasteiger partial charge < -0.3 is 9.05 Å². The van der Waals surface area contributed by atoms with E-state index in [9.17, 15) is 4.57 Å². The molecule has 0 fully saturated rings. The van der Waals surface area contributed by atoms with Crippen LogP contribution in [-0.2, 0) is 13.6 Å². The van der Waals surface area contributed by atoms with Gasteiger partial charge in [-0.15, -0.1) is 0 Å². The third-order valence-corrected chi connectivity index (χ3v) is 3.07. The summed E-state index contributed by atoms with van der Waals surface area (Å²) in [6, 6.07) is 0. The smallest absolute Gasteiger partial charge is 0.306 e. The summed E-state index contributed by atoms with van der Waals surface area (Å²) in [4.78, 5) is 0. The Kier molecular flexibility index (Phi) is 6.60. The van der Waals surface area contributed by atoms with Gasteiger partial charge in [0.05, 0.1) is 13.2 Å². The first kappa shape index (κ1) is 13.1. The molecular weight excluding hydrogens is 255 g/mol. The first-order valence-corrected chi connectivity index (χ1v) is 6.37. The van der Waals surface area contributed by atoms with Crippen LogP contribution in [0.3, 0.4) is 0 Å². The highest BCUT2D eigenvalue weighted by Crippen LogP contribution is 2.49. The van der Waals surface area contributed by atoms with Crippen molar-refractivity contribution in [2.24, 2.45) is 0 Å². The monoisotopic (exact) mass is 268 g/mol. The van der Waals surface area contributed by atoms with E-state index >= 15 is 0 Å². The molecule has 5 heteroatoms. The molecule has 0 saturated carbocycles. The van der Waals surface area contributed by atoms with E-state index in [-0.39, 0.29) is 0 Å². The topological polar surface area (TPSA) is 35.5 Å². The maximum atomic E-state index is 11.7. The van der Waals surface area contributed by atoms with Crippen LogP contribution >= 0.6 is 23.5 Å². The van der Waals surface area contributed by atoms with Crippen molar-refractivity contribution < 1.29 is 13.6 Å². The normalized spacial score (nSPS) is 12.2. The Hall–Kier alpha value is 0.110. The van der Waals surface area contributed by atoms with Crippen LogP contribution < -0.4 is 0 Å². The zero-order chi connectivity index (χ0) is 10.3. The molecule has 3 nitrogen and oxygen atoms in total. The molecule has 0 unspecified atom stereocenters. The largest absolute Gasteiger partial charge is 0.354 e. The Morgan fingerprint density at radius 1 is 1.46 bits per heavy atom. The zero-order valence-electron chi connectivity index (χ0n) is 7.83. The maximum absolute atomic E-state index is 11.7.